The van der Waals surface area contributed by atoms with Crippen LogP contribution < -0.4 is 4.74 Å². The average Bonchev–Trinajstić information content (AvgIpc) is 2.87. The number of benzene rings is 1. The Hall–Kier alpha value is -2.01. The van der Waals surface area contributed by atoms with Gasteiger partial charge < -0.3 is 9.84 Å². The van der Waals surface area contributed by atoms with Gasteiger partial charge in [0.05, 0.1) is 7.11 Å². The molecule has 0 aliphatic heterocycles. The Bertz CT molecular complexity index is 586. The highest BCUT2D eigenvalue weighted by Crippen LogP contribution is 2.50. The van der Waals surface area contributed by atoms with Gasteiger partial charge in [0.15, 0.2) is 11.5 Å². The van der Waals surface area contributed by atoms with Crippen molar-refractivity contribution in [1.29, 1.82) is 0 Å². The highest BCUT2D eigenvalue weighted by Gasteiger charge is 2.42. The van der Waals surface area contributed by atoms with E-state index < -0.39 is 28.8 Å². The molecule has 1 fully saturated rings. The summed E-state index contributed by atoms with van der Waals surface area (Å²) in [5.41, 5.74) is -1.90. The highest BCUT2D eigenvalue weighted by molar-refractivity contribution is 5.55. The van der Waals surface area contributed by atoms with Crippen LogP contribution in [-0.4, -0.2) is 18.3 Å². The van der Waals surface area contributed by atoms with Crippen molar-refractivity contribution >= 4 is 6.08 Å². The second-order valence-electron chi connectivity index (χ2n) is 4.98. The van der Waals surface area contributed by atoms with Gasteiger partial charge in [0.1, 0.15) is 11.1 Å². The normalized spacial score (nSPS) is 17.3. The largest absolute Gasteiger partial charge is 0.504 e. The van der Waals surface area contributed by atoms with Crippen LogP contribution in [0.15, 0.2) is 17.1 Å². The minimum absolute atomic E-state index is 0.174. The number of isocyanates is 1. The van der Waals surface area contributed by atoms with E-state index in [1.54, 1.807) is 0 Å². The fourth-order valence-electron chi connectivity index (χ4n) is 2.87. The van der Waals surface area contributed by atoms with E-state index in [-0.39, 0.29) is 5.56 Å². The number of hydrogen-bond donors (Lipinski definition) is 1. The van der Waals surface area contributed by atoms with E-state index >= 15 is 0 Å². The minimum Gasteiger partial charge on any atom is -0.504 e. The van der Waals surface area contributed by atoms with E-state index in [2.05, 4.69) is 4.99 Å². The number of phenolic OH excluding ortho intramolecular Hbond substituents is 1. The molecule has 0 spiro atoms. The van der Waals surface area contributed by atoms with Crippen molar-refractivity contribution in [3.8, 4) is 11.5 Å². The highest BCUT2D eigenvalue weighted by atomic mass is 19.4. The molecule has 1 aromatic rings. The molecule has 21 heavy (non-hydrogen) atoms. The lowest BCUT2D eigenvalue weighted by atomic mass is 9.87. The smallest absolute Gasteiger partial charge is 0.420 e. The minimum atomic E-state index is -4.64. The molecule has 0 saturated heterocycles. The quantitative estimate of drug-likeness (QED) is 0.686. The van der Waals surface area contributed by atoms with Gasteiger partial charge in [-0.3, -0.25) is 0 Å². The topological polar surface area (TPSA) is 58.9 Å². The first kappa shape index (κ1) is 15.4. The predicted octanol–water partition coefficient (Wildman–Crippen LogP) is 3.52. The number of hydrogen-bond acceptors (Lipinski definition) is 4. The molecule has 0 amide bonds. The lowest BCUT2D eigenvalue weighted by Crippen LogP contribution is -2.20. The summed E-state index contributed by atoms with van der Waals surface area (Å²) in [5, 5.41) is 10.2. The summed E-state index contributed by atoms with van der Waals surface area (Å²) in [6.07, 6.45) is -0.685. The van der Waals surface area contributed by atoms with E-state index in [4.69, 9.17) is 4.74 Å². The van der Waals surface area contributed by atoms with Crippen molar-refractivity contribution in [3.63, 3.8) is 0 Å². The number of aliphatic imine (C=N–C) groups is 1. The molecule has 2 rings (SSSR count). The first-order chi connectivity index (χ1) is 9.85. The van der Waals surface area contributed by atoms with Crippen molar-refractivity contribution in [2.45, 2.75) is 37.4 Å². The van der Waals surface area contributed by atoms with Gasteiger partial charge in [-0.25, -0.2) is 4.79 Å². The Kier molecular flexibility index (Phi) is 3.96. The van der Waals surface area contributed by atoms with E-state index in [0.29, 0.717) is 12.8 Å². The van der Waals surface area contributed by atoms with Gasteiger partial charge in [-0.15, -0.1) is 0 Å². The van der Waals surface area contributed by atoms with Crippen LogP contribution in [0.4, 0.5) is 13.2 Å². The number of carbonyl (C=O) groups excluding carboxylic acids is 1. The Balaban J connectivity index is 2.64. The lowest BCUT2D eigenvalue weighted by Gasteiger charge is -2.25. The van der Waals surface area contributed by atoms with Gasteiger partial charge in [0, 0.05) is 5.56 Å². The molecule has 0 atom stereocenters. The maximum Gasteiger partial charge on any atom is 0.420 e. The van der Waals surface area contributed by atoms with E-state index in [1.807, 2.05) is 0 Å². The van der Waals surface area contributed by atoms with Gasteiger partial charge in [0.2, 0.25) is 6.08 Å². The molecule has 1 aliphatic rings. The molecule has 114 valence electrons. The molecule has 1 aliphatic carbocycles. The van der Waals surface area contributed by atoms with Crippen LogP contribution in [0.5, 0.6) is 11.5 Å². The molecule has 0 aromatic heterocycles. The second-order valence-corrected chi connectivity index (χ2v) is 4.98. The maximum absolute atomic E-state index is 12.9. The van der Waals surface area contributed by atoms with E-state index in [1.165, 1.54) is 6.08 Å². The summed E-state index contributed by atoms with van der Waals surface area (Å²) in [6.45, 7) is 0. The standard InChI is InChI=1S/C14H14F3NO3/c1-21-12-10(14(15,16)17)5-4-9(11(12)20)13(18-8-19)6-2-3-7-13/h4-5,20H,2-3,6-7H2,1H3. The van der Waals surface area contributed by atoms with Crippen molar-refractivity contribution in [2.24, 2.45) is 4.99 Å². The Labute approximate surface area is 119 Å². The molecule has 0 bridgehead atoms. The monoisotopic (exact) mass is 301 g/mol. The Morgan fingerprint density at radius 2 is 1.95 bits per heavy atom. The average molecular weight is 301 g/mol. The van der Waals surface area contributed by atoms with Crippen LogP contribution in [0, 0.1) is 0 Å². The molecule has 1 N–H and O–H groups in total. The van der Waals surface area contributed by atoms with Crippen molar-refractivity contribution < 1.29 is 27.8 Å². The fourth-order valence-corrected chi connectivity index (χ4v) is 2.87. The van der Waals surface area contributed by atoms with Gasteiger partial charge in [-0.1, -0.05) is 18.9 Å². The van der Waals surface area contributed by atoms with Crippen LogP contribution in [-0.2, 0) is 16.5 Å². The number of aromatic hydroxyl groups is 1. The summed E-state index contributed by atoms with van der Waals surface area (Å²) in [6, 6.07) is 2.00. The molecular weight excluding hydrogens is 287 g/mol. The molecule has 0 radical (unpaired) electrons. The third-order valence-electron chi connectivity index (χ3n) is 3.83. The van der Waals surface area contributed by atoms with Crippen LogP contribution in [0.3, 0.4) is 0 Å². The predicted molar refractivity (Wildman–Crippen MR) is 67.9 cm³/mol. The number of rotatable bonds is 3. The van der Waals surface area contributed by atoms with Crippen LogP contribution in [0.2, 0.25) is 0 Å². The number of ether oxygens (including phenoxy) is 1. The third-order valence-corrected chi connectivity index (χ3v) is 3.83. The zero-order chi connectivity index (χ0) is 15.7. The molecule has 1 saturated carbocycles. The maximum atomic E-state index is 12.9. The first-order valence-corrected chi connectivity index (χ1v) is 6.42. The van der Waals surface area contributed by atoms with Gasteiger partial charge >= 0.3 is 6.18 Å². The SMILES string of the molecule is COc1c(C(F)(F)F)ccc(C2(N=C=O)CCCC2)c1O. The first-order valence-electron chi connectivity index (χ1n) is 6.42. The van der Waals surface area contributed by atoms with Gasteiger partial charge in [0.25, 0.3) is 0 Å². The number of phenols is 1. The zero-order valence-corrected chi connectivity index (χ0v) is 11.3. The summed E-state index contributed by atoms with van der Waals surface area (Å²) >= 11 is 0. The summed E-state index contributed by atoms with van der Waals surface area (Å²) in [7, 11) is 1.05. The third kappa shape index (κ3) is 2.61. The van der Waals surface area contributed by atoms with E-state index in [9.17, 15) is 23.1 Å². The zero-order valence-electron chi connectivity index (χ0n) is 11.3. The summed E-state index contributed by atoms with van der Waals surface area (Å²) in [4.78, 5) is 14.4. The molecule has 1 aromatic carbocycles. The Morgan fingerprint density at radius 3 is 2.43 bits per heavy atom. The van der Waals surface area contributed by atoms with Crippen molar-refractivity contribution in [1.82, 2.24) is 0 Å². The fraction of sp³-hybridized carbons (Fsp3) is 0.500. The molecule has 0 unspecified atom stereocenters. The van der Waals surface area contributed by atoms with Gasteiger partial charge in [-0.05, 0) is 18.9 Å². The number of nitrogens with zero attached hydrogens (tertiary/aromatic N) is 1. The molecular formula is C14H14F3NO3. The van der Waals surface area contributed by atoms with Gasteiger partial charge in [-0.2, -0.15) is 18.2 Å². The van der Waals surface area contributed by atoms with Crippen LogP contribution in [0.25, 0.3) is 0 Å². The second kappa shape index (κ2) is 5.41. The molecule has 0 heterocycles. The number of methoxy groups -OCH3 is 1. The van der Waals surface area contributed by atoms with Crippen molar-refractivity contribution in [2.75, 3.05) is 7.11 Å². The molecule has 4 nitrogen and oxygen atoms in total. The van der Waals surface area contributed by atoms with Crippen LogP contribution in [0.1, 0.15) is 36.8 Å². The van der Waals surface area contributed by atoms with Crippen molar-refractivity contribution in [3.05, 3.63) is 23.3 Å². The summed E-state index contributed by atoms with van der Waals surface area (Å²) in [5.74, 6) is -1.26. The Morgan fingerprint density at radius 1 is 1.33 bits per heavy atom. The number of halogens is 3. The molecule has 7 heteroatoms. The summed E-state index contributed by atoms with van der Waals surface area (Å²) < 4.78 is 43.4. The lowest BCUT2D eigenvalue weighted by molar-refractivity contribution is -0.138. The van der Waals surface area contributed by atoms with Crippen LogP contribution >= 0.6 is 0 Å². The van der Waals surface area contributed by atoms with E-state index in [0.717, 1.165) is 32.1 Å². The number of alkyl halides is 3.